The summed E-state index contributed by atoms with van der Waals surface area (Å²) in [6.45, 7) is 17.4. The SMILES string of the molecule is C=C/C=C\C=C1\C=C2C(=O)N(C)C(C)C(=O)N(C)C2=CC1.CC.CC.CC. The zero-order valence-corrected chi connectivity index (χ0v) is 18.7. The largest absolute Gasteiger partial charge is 0.330 e. The summed E-state index contributed by atoms with van der Waals surface area (Å²) in [5.41, 5.74) is 2.30. The topological polar surface area (TPSA) is 40.6 Å². The van der Waals surface area contributed by atoms with Gasteiger partial charge in [-0.15, -0.1) is 0 Å². The van der Waals surface area contributed by atoms with E-state index in [0.29, 0.717) is 17.7 Å². The third kappa shape index (κ3) is 7.05. The second-order valence-corrected chi connectivity index (χ2v) is 5.20. The van der Waals surface area contributed by atoms with Crippen LogP contribution in [0.1, 0.15) is 54.9 Å². The van der Waals surface area contributed by atoms with Gasteiger partial charge in [0, 0.05) is 14.1 Å². The van der Waals surface area contributed by atoms with Crippen LogP contribution in [0, 0.1) is 0 Å². The van der Waals surface area contributed by atoms with E-state index in [0.717, 1.165) is 5.57 Å². The molecule has 0 aromatic rings. The molecule has 1 heterocycles. The van der Waals surface area contributed by atoms with E-state index in [1.807, 2.05) is 71.9 Å². The lowest BCUT2D eigenvalue weighted by Crippen LogP contribution is -2.42. The van der Waals surface area contributed by atoms with E-state index >= 15 is 0 Å². The zero-order chi connectivity index (χ0) is 21.6. The number of allylic oxidation sites excluding steroid dienone is 7. The highest BCUT2D eigenvalue weighted by Gasteiger charge is 2.36. The quantitative estimate of drug-likeness (QED) is 0.618. The van der Waals surface area contributed by atoms with Crippen LogP contribution in [-0.2, 0) is 9.59 Å². The highest BCUT2D eigenvalue weighted by Crippen LogP contribution is 2.29. The second-order valence-electron chi connectivity index (χ2n) is 5.20. The summed E-state index contributed by atoms with van der Waals surface area (Å²) < 4.78 is 0. The fraction of sp³-hybridized carbons (Fsp3) is 0.478. The van der Waals surface area contributed by atoms with Crippen molar-refractivity contribution in [2.24, 2.45) is 0 Å². The molecular weight excluding hydrogens is 336 g/mol. The molecule has 1 atom stereocenters. The van der Waals surface area contributed by atoms with Crippen molar-refractivity contribution in [1.82, 2.24) is 9.80 Å². The highest BCUT2D eigenvalue weighted by atomic mass is 16.2. The minimum absolute atomic E-state index is 0.0699. The molecule has 1 aliphatic carbocycles. The average Bonchev–Trinajstić information content (AvgIpc) is 2.80. The number of nitrogens with zero attached hydrogens (tertiary/aromatic N) is 2. The second kappa shape index (κ2) is 14.8. The van der Waals surface area contributed by atoms with E-state index in [1.54, 1.807) is 32.0 Å². The van der Waals surface area contributed by atoms with Crippen molar-refractivity contribution in [3.05, 3.63) is 59.9 Å². The molecule has 4 nitrogen and oxygen atoms in total. The minimum atomic E-state index is -0.456. The van der Waals surface area contributed by atoms with Gasteiger partial charge in [0.1, 0.15) is 6.04 Å². The van der Waals surface area contributed by atoms with Crippen LogP contribution in [-0.4, -0.2) is 41.8 Å². The first-order valence-electron chi connectivity index (χ1n) is 9.92. The van der Waals surface area contributed by atoms with Gasteiger partial charge in [0.15, 0.2) is 0 Å². The predicted molar refractivity (Wildman–Crippen MR) is 117 cm³/mol. The normalized spacial score (nSPS) is 20.0. The number of likely N-dealkylation sites (N-methyl/N-ethyl adjacent to an activating group) is 2. The Morgan fingerprint density at radius 3 is 2.11 bits per heavy atom. The molecule has 0 aromatic heterocycles. The van der Waals surface area contributed by atoms with Crippen LogP contribution >= 0.6 is 0 Å². The zero-order valence-electron chi connectivity index (χ0n) is 18.7. The molecule has 2 rings (SSSR count). The summed E-state index contributed by atoms with van der Waals surface area (Å²) in [5.74, 6) is -0.191. The summed E-state index contributed by atoms with van der Waals surface area (Å²) in [7, 11) is 3.38. The fourth-order valence-corrected chi connectivity index (χ4v) is 2.44. The van der Waals surface area contributed by atoms with Crippen molar-refractivity contribution >= 4 is 11.8 Å². The van der Waals surface area contributed by atoms with E-state index in [4.69, 9.17) is 0 Å². The molecule has 1 saturated heterocycles. The Balaban J connectivity index is 0. The minimum Gasteiger partial charge on any atom is -0.330 e. The van der Waals surface area contributed by atoms with Crippen LogP contribution in [0.25, 0.3) is 0 Å². The lowest BCUT2D eigenvalue weighted by atomic mass is 9.97. The van der Waals surface area contributed by atoms with Gasteiger partial charge in [-0.3, -0.25) is 9.59 Å². The van der Waals surface area contributed by atoms with Crippen molar-refractivity contribution in [3.8, 4) is 0 Å². The third-order valence-electron chi connectivity index (χ3n) is 3.88. The number of hydrogen-bond acceptors (Lipinski definition) is 2. The van der Waals surface area contributed by atoms with Gasteiger partial charge >= 0.3 is 0 Å². The molecule has 2 aliphatic rings. The van der Waals surface area contributed by atoms with Crippen LogP contribution in [0.2, 0.25) is 0 Å². The molecule has 152 valence electrons. The lowest BCUT2D eigenvalue weighted by molar-refractivity contribution is -0.137. The molecule has 27 heavy (non-hydrogen) atoms. The first kappa shape index (κ1) is 26.9. The Morgan fingerprint density at radius 1 is 1.04 bits per heavy atom. The van der Waals surface area contributed by atoms with Gasteiger partial charge < -0.3 is 9.80 Å². The van der Waals surface area contributed by atoms with Crippen LogP contribution in [0.15, 0.2) is 59.9 Å². The van der Waals surface area contributed by atoms with E-state index < -0.39 is 6.04 Å². The molecule has 0 N–H and O–H groups in total. The monoisotopic (exact) mass is 374 g/mol. The Morgan fingerprint density at radius 2 is 1.59 bits per heavy atom. The molecular formula is C23H38N2O2. The standard InChI is InChI=1S/C17H20N2O2.3C2H6/c1-5-6-7-8-13-9-10-15-14(11-13)17(21)18(3)12(2)16(20)19(15)4;3*1-2/h5-8,10-12H,1,9H2,2-4H3;3*1-2H3/b7-6-,13-8+;;;. The van der Waals surface area contributed by atoms with Gasteiger partial charge in [0.2, 0.25) is 5.91 Å². The smallest absolute Gasteiger partial charge is 0.256 e. The summed E-state index contributed by atoms with van der Waals surface area (Å²) in [6.07, 6.45) is 11.9. The van der Waals surface area contributed by atoms with E-state index in [9.17, 15) is 9.59 Å². The number of carbonyl (C=O) groups excluding carboxylic acids is 2. The molecule has 0 saturated carbocycles. The van der Waals surface area contributed by atoms with E-state index in [2.05, 4.69) is 6.58 Å². The molecule has 0 bridgehead atoms. The van der Waals surface area contributed by atoms with Crippen LogP contribution in [0.3, 0.4) is 0 Å². The number of carbonyl (C=O) groups is 2. The Bertz CT molecular complexity index is 610. The first-order chi connectivity index (χ1) is 13.0. The van der Waals surface area contributed by atoms with E-state index in [1.165, 1.54) is 4.90 Å². The molecule has 0 spiro atoms. The summed E-state index contributed by atoms with van der Waals surface area (Å²) in [6, 6.07) is -0.456. The van der Waals surface area contributed by atoms with Crippen molar-refractivity contribution in [1.29, 1.82) is 0 Å². The van der Waals surface area contributed by atoms with Gasteiger partial charge in [0.25, 0.3) is 5.91 Å². The molecule has 0 radical (unpaired) electrons. The molecule has 1 fully saturated rings. The van der Waals surface area contributed by atoms with Crippen molar-refractivity contribution in [3.63, 3.8) is 0 Å². The lowest BCUT2D eigenvalue weighted by Gasteiger charge is -2.22. The van der Waals surface area contributed by atoms with Gasteiger partial charge in [0.05, 0.1) is 11.3 Å². The fourth-order valence-electron chi connectivity index (χ4n) is 2.44. The van der Waals surface area contributed by atoms with Gasteiger partial charge in [-0.1, -0.05) is 78.5 Å². The summed E-state index contributed by atoms with van der Waals surface area (Å²) in [5, 5.41) is 0. The number of amides is 2. The van der Waals surface area contributed by atoms with E-state index in [-0.39, 0.29) is 11.8 Å². The maximum absolute atomic E-state index is 12.5. The molecule has 4 heteroatoms. The van der Waals surface area contributed by atoms with Gasteiger partial charge in [-0.2, -0.15) is 0 Å². The van der Waals surface area contributed by atoms with Crippen molar-refractivity contribution < 1.29 is 9.59 Å². The number of rotatable bonds is 2. The van der Waals surface area contributed by atoms with Crippen LogP contribution in [0.4, 0.5) is 0 Å². The summed E-state index contributed by atoms with van der Waals surface area (Å²) >= 11 is 0. The van der Waals surface area contributed by atoms with Crippen LogP contribution < -0.4 is 0 Å². The van der Waals surface area contributed by atoms with Gasteiger partial charge in [-0.25, -0.2) is 0 Å². The number of fused-ring (bicyclic) bond motifs is 1. The molecule has 1 aliphatic heterocycles. The Kier molecular flexibility index (Phi) is 14.7. The Hall–Kier alpha value is -2.36. The predicted octanol–water partition coefficient (Wildman–Crippen LogP) is 5.27. The first-order valence-corrected chi connectivity index (χ1v) is 9.92. The molecule has 2 amide bonds. The number of hydrogen-bond donors (Lipinski definition) is 0. The third-order valence-corrected chi connectivity index (χ3v) is 3.88. The highest BCUT2D eigenvalue weighted by molar-refractivity contribution is 6.04. The molecule has 1 unspecified atom stereocenters. The maximum Gasteiger partial charge on any atom is 0.256 e. The Labute approximate surface area is 166 Å². The van der Waals surface area contributed by atoms with Gasteiger partial charge in [-0.05, 0) is 25.0 Å². The maximum atomic E-state index is 12.5. The van der Waals surface area contributed by atoms with Crippen LogP contribution in [0.5, 0.6) is 0 Å². The van der Waals surface area contributed by atoms with Crippen molar-refractivity contribution in [2.45, 2.75) is 60.9 Å². The average molecular weight is 375 g/mol. The molecule has 0 aromatic carbocycles. The van der Waals surface area contributed by atoms with Crippen molar-refractivity contribution in [2.75, 3.05) is 14.1 Å². The summed E-state index contributed by atoms with van der Waals surface area (Å²) in [4.78, 5) is 27.9.